The highest BCUT2D eigenvalue weighted by molar-refractivity contribution is 7.09. The van der Waals surface area contributed by atoms with Gasteiger partial charge in [-0.25, -0.2) is 4.98 Å². The molecule has 2 atom stereocenters. The Morgan fingerprint density at radius 2 is 2.04 bits per heavy atom. The molecule has 0 radical (unpaired) electrons. The number of nitrogens with zero attached hydrogens (tertiary/aromatic N) is 2. The maximum Gasteiger partial charge on any atom is 0.225 e. The first-order valence-corrected chi connectivity index (χ1v) is 10.0. The van der Waals surface area contributed by atoms with Crippen LogP contribution in [0.25, 0.3) is 0 Å². The molecule has 3 fully saturated rings. The number of aromatic nitrogens is 1. The van der Waals surface area contributed by atoms with E-state index in [1.165, 1.54) is 17.8 Å². The number of thiazole rings is 1. The lowest BCUT2D eigenvalue weighted by Gasteiger charge is -2.32. The topological polar surface area (TPSA) is 62.3 Å². The van der Waals surface area contributed by atoms with Crippen molar-refractivity contribution < 1.29 is 9.59 Å². The first-order valence-electron chi connectivity index (χ1n) is 9.16. The molecule has 2 saturated carbocycles. The van der Waals surface area contributed by atoms with Gasteiger partial charge in [0.1, 0.15) is 0 Å². The fourth-order valence-corrected chi connectivity index (χ4v) is 4.49. The third-order valence-corrected chi connectivity index (χ3v) is 6.32. The van der Waals surface area contributed by atoms with Crippen molar-refractivity contribution in [1.29, 1.82) is 0 Å². The number of hydrogen-bond acceptors (Lipinski definition) is 4. The van der Waals surface area contributed by atoms with Gasteiger partial charge in [-0.2, -0.15) is 0 Å². The molecule has 0 aromatic carbocycles. The fourth-order valence-electron chi connectivity index (χ4n) is 3.40. The van der Waals surface area contributed by atoms with E-state index in [2.05, 4.69) is 15.7 Å². The highest BCUT2D eigenvalue weighted by atomic mass is 32.1. The Labute approximate surface area is 146 Å². The van der Waals surface area contributed by atoms with Crippen molar-refractivity contribution in [3.63, 3.8) is 0 Å². The largest absolute Gasteiger partial charge is 0.348 e. The molecule has 6 heteroatoms. The summed E-state index contributed by atoms with van der Waals surface area (Å²) in [6, 6.07) is -0.0595. The SMILES string of the molecule is CC(NC(=O)C1CCCN(C(=O)C2CC2)C1)c1csc(C2CC2)n1. The minimum Gasteiger partial charge on any atom is -0.348 e. The summed E-state index contributed by atoms with van der Waals surface area (Å²) in [5.74, 6) is 1.14. The predicted molar refractivity (Wildman–Crippen MR) is 92.7 cm³/mol. The first kappa shape index (κ1) is 16.1. The van der Waals surface area contributed by atoms with Crippen molar-refractivity contribution in [3.05, 3.63) is 16.1 Å². The number of piperidine rings is 1. The van der Waals surface area contributed by atoms with E-state index in [1.54, 1.807) is 11.3 Å². The van der Waals surface area contributed by atoms with Gasteiger partial charge in [0.2, 0.25) is 11.8 Å². The smallest absolute Gasteiger partial charge is 0.225 e. The summed E-state index contributed by atoms with van der Waals surface area (Å²) in [4.78, 5) is 31.4. The Balaban J connectivity index is 1.33. The van der Waals surface area contributed by atoms with E-state index in [9.17, 15) is 9.59 Å². The molecule has 2 unspecified atom stereocenters. The zero-order chi connectivity index (χ0) is 16.7. The van der Waals surface area contributed by atoms with Crippen LogP contribution in [0.3, 0.4) is 0 Å². The maximum absolute atomic E-state index is 12.6. The van der Waals surface area contributed by atoms with Crippen LogP contribution >= 0.6 is 11.3 Å². The standard InChI is InChI=1S/C18H25N3O2S/c1-11(15-10-24-17(20-15)12-4-5-12)19-16(22)14-3-2-8-21(9-14)18(23)13-6-7-13/h10-14H,2-9H2,1H3,(H,19,22). The summed E-state index contributed by atoms with van der Waals surface area (Å²) in [7, 11) is 0. The molecule has 1 aliphatic heterocycles. The molecule has 1 aromatic rings. The van der Waals surface area contributed by atoms with Gasteiger partial charge in [0.05, 0.1) is 22.7 Å². The lowest BCUT2D eigenvalue weighted by Crippen LogP contribution is -2.46. The van der Waals surface area contributed by atoms with Gasteiger partial charge in [-0.05, 0) is 45.4 Å². The number of hydrogen-bond donors (Lipinski definition) is 1. The highest BCUT2D eigenvalue weighted by Gasteiger charge is 2.37. The number of nitrogens with one attached hydrogen (secondary N) is 1. The molecule has 2 heterocycles. The van der Waals surface area contributed by atoms with E-state index >= 15 is 0 Å². The molecule has 1 N–H and O–H groups in total. The van der Waals surface area contributed by atoms with Crippen molar-refractivity contribution in [1.82, 2.24) is 15.2 Å². The lowest BCUT2D eigenvalue weighted by molar-refractivity contribution is -0.137. The van der Waals surface area contributed by atoms with E-state index in [0.717, 1.165) is 37.9 Å². The summed E-state index contributed by atoms with van der Waals surface area (Å²) in [5.41, 5.74) is 0.969. The lowest BCUT2D eigenvalue weighted by atomic mass is 9.96. The van der Waals surface area contributed by atoms with Gasteiger partial charge in [-0.3, -0.25) is 9.59 Å². The van der Waals surface area contributed by atoms with Crippen molar-refractivity contribution in [2.75, 3.05) is 13.1 Å². The normalized spacial score (nSPS) is 25.4. The number of rotatable bonds is 5. The van der Waals surface area contributed by atoms with Gasteiger partial charge in [-0.1, -0.05) is 0 Å². The molecule has 3 aliphatic rings. The van der Waals surface area contributed by atoms with Crippen LogP contribution in [0.1, 0.15) is 68.1 Å². The average Bonchev–Trinajstić information content (AvgIpc) is 3.53. The van der Waals surface area contributed by atoms with Crippen LogP contribution in [0.15, 0.2) is 5.38 Å². The van der Waals surface area contributed by atoms with E-state index in [1.807, 2.05) is 11.8 Å². The Morgan fingerprint density at radius 1 is 1.25 bits per heavy atom. The number of carbonyl (C=O) groups excluding carboxylic acids is 2. The molecule has 4 rings (SSSR count). The Bertz CT molecular complexity index is 636. The van der Waals surface area contributed by atoms with Gasteiger partial charge >= 0.3 is 0 Å². The Hall–Kier alpha value is -1.43. The van der Waals surface area contributed by atoms with Crippen LogP contribution in [-0.2, 0) is 9.59 Å². The van der Waals surface area contributed by atoms with E-state index in [0.29, 0.717) is 12.5 Å². The van der Waals surface area contributed by atoms with Gasteiger partial charge < -0.3 is 10.2 Å². The van der Waals surface area contributed by atoms with Crippen molar-refractivity contribution in [2.24, 2.45) is 11.8 Å². The molecule has 0 bridgehead atoms. The predicted octanol–water partition coefficient (Wildman–Crippen LogP) is 2.85. The highest BCUT2D eigenvalue weighted by Crippen LogP contribution is 2.41. The maximum atomic E-state index is 12.6. The molecule has 2 amide bonds. The van der Waals surface area contributed by atoms with Crippen LogP contribution in [0, 0.1) is 11.8 Å². The molecule has 24 heavy (non-hydrogen) atoms. The van der Waals surface area contributed by atoms with E-state index in [-0.39, 0.29) is 29.7 Å². The number of amides is 2. The summed E-state index contributed by atoms with van der Waals surface area (Å²) >= 11 is 1.71. The van der Waals surface area contributed by atoms with Gasteiger partial charge in [0.15, 0.2) is 0 Å². The van der Waals surface area contributed by atoms with Crippen LogP contribution in [0.5, 0.6) is 0 Å². The van der Waals surface area contributed by atoms with Crippen LogP contribution < -0.4 is 5.32 Å². The second kappa shape index (κ2) is 6.47. The monoisotopic (exact) mass is 347 g/mol. The summed E-state index contributed by atoms with van der Waals surface area (Å²) in [6.07, 6.45) is 6.35. The van der Waals surface area contributed by atoms with E-state index in [4.69, 9.17) is 0 Å². The third-order valence-electron chi connectivity index (χ3n) is 5.30. The molecule has 1 saturated heterocycles. The number of carbonyl (C=O) groups is 2. The van der Waals surface area contributed by atoms with E-state index < -0.39 is 0 Å². The average molecular weight is 347 g/mol. The zero-order valence-corrected chi connectivity index (χ0v) is 15.0. The Morgan fingerprint density at radius 3 is 2.75 bits per heavy atom. The summed E-state index contributed by atoms with van der Waals surface area (Å²) < 4.78 is 0. The molecule has 0 spiro atoms. The quantitative estimate of drug-likeness (QED) is 0.891. The van der Waals surface area contributed by atoms with Gasteiger partial charge in [0.25, 0.3) is 0 Å². The second-order valence-electron chi connectivity index (χ2n) is 7.51. The molecule has 130 valence electrons. The second-order valence-corrected chi connectivity index (χ2v) is 8.40. The molecule has 2 aliphatic carbocycles. The van der Waals surface area contributed by atoms with Gasteiger partial charge in [0, 0.05) is 30.3 Å². The third kappa shape index (κ3) is 3.48. The van der Waals surface area contributed by atoms with Gasteiger partial charge in [-0.15, -0.1) is 11.3 Å². The zero-order valence-electron chi connectivity index (χ0n) is 14.2. The van der Waals surface area contributed by atoms with Crippen molar-refractivity contribution in [2.45, 2.75) is 57.4 Å². The molecule has 1 aromatic heterocycles. The number of likely N-dealkylation sites (tertiary alicyclic amines) is 1. The van der Waals surface area contributed by atoms with Crippen molar-refractivity contribution >= 4 is 23.2 Å². The Kier molecular flexibility index (Phi) is 4.33. The van der Waals surface area contributed by atoms with Crippen LogP contribution in [0.4, 0.5) is 0 Å². The van der Waals surface area contributed by atoms with Crippen LogP contribution in [-0.4, -0.2) is 34.8 Å². The fraction of sp³-hybridized carbons (Fsp3) is 0.722. The molecular formula is C18H25N3O2S. The minimum atomic E-state index is -0.0783. The first-order chi connectivity index (χ1) is 11.6. The molecule has 5 nitrogen and oxygen atoms in total. The van der Waals surface area contributed by atoms with Crippen LogP contribution in [0.2, 0.25) is 0 Å². The van der Waals surface area contributed by atoms with Crippen molar-refractivity contribution in [3.8, 4) is 0 Å². The minimum absolute atomic E-state index is 0.0595. The summed E-state index contributed by atoms with van der Waals surface area (Å²) in [5, 5.41) is 6.39. The summed E-state index contributed by atoms with van der Waals surface area (Å²) in [6.45, 7) is 3.39. The molecular weight excluding hydrogens is 322 g/mol.